The number of carbonyl (C=O) groups is 1. The van der Waals surface area contributed by atoms with Gasteiger partial charge in [0.1, 0.15) is 16.9 Å². The van der Waals surface area contributed by atoms with Crippen LogP contribution in [0.5, 0.6) is 5.75 Å². The molecule has 1 rings (SSSR count). The number of hydrogen-bond donors (Lipinski definition) is 0. The van der Waals surface area contributed by atoms with E-state index >= 15 is 0 Å². The summed E-state index contributed by atoms with van der Waals surface area (Å²) in [6, 6.07) is 3.66. The third-order valence-corrected chi connectivity index (χ3v) is 2.60. The maximum Gasteiger partial charge on any atom is 0.342 e. The second-order valence-electron chi connectivity index (χ2n) is 4.83. The van der Waals surface area contributed by atoms with Crippen molar-refractivity contribution in [3.8, 4) is 5.75 Å². The van der Waals surface area contributed by atoms with E-state index in [4.69, 9.17) is 9.47 Å². The van der Waals surface area contributed by atoms with E-state index in [-0.39, 0.29) is 5.97 Å². The zero-order valence-electron chi connectivity index (χ0n) is 10.8. The largest absolute Gasteiger partial charge is 0.495 e. The lowest BCUT2D eigenvalue weighted by molar-refractivity contribution is 0.00663. The van der Waals surface area contributed by atoms with Gasteiger partial charge in [0.25, 0.3) is 0 Å². The first-order chi connectivity index (χ1) is 7.74. The number of carbonyl (C=O) groups excluding carboxylic acids is 1. The fraction of sp³-hybridized carbons (Fsp3) is 0.462. The van der Waals surface area contributed by atoms with E-state index in [2.05, 4.69) is 15.9 Å². The van der Waals surface area contributed by atoms with Gasteiger partial charge >= 0.3 is 5.97 Å². The molecule has 3 nitrogen and oxygen atoms in total. The topological polar surface area (TPSA) is 35.5 Å². The molecule has 0 aliphatic carbocycles. The van der Waals surface area contributed by atoms with Crippen LogP contribution in [0.3, 0.4) is 0 Å². The van der Waals surface area contributed by atoms with Crippen molar-refractivity contribution in [2.75, 3.05) is 7.11 Å². The normalized spacial score (nSPS) is 11.2. The molecule has 0 unspecified atom stereocenters. The van der Waals surface area contributed by atoms with Gasteiger partial charge in [0.15, 0.2) is 0 Å². The molecule has 4 heteroatoms. The number of halogens is 1. The van der Waals surface area contributed by atoms with E-state index in [0.717, 1.165) is 10.0 Å². The molecule has 0 fully saturated rings. The first kappa shape index (κ1) is 14.0. The van der Waals surface area contributed by atoms with E-state index in [0.29, 0.717) is 11.3 Å². The number of esters is 1. The summed E-state index contributed by atoms with van der Waals surface area (Å²) in [7, 11) is 1.53. The summed E-state index contributed by atoms with van der Waals surface area (Å²) in [5.41, 5.74) is 0.894. The Morgan fingerprint density at radius 3 is 2.35 bits per heavy atom. The predicted molar refractivity (Wildman–Crippen MR) is 70.6 cm³/mol. The highest BCUT2D eigenvalue weighted by molar-refractivity contribution is 9.10. The molecule has 1 aromatic rings. The number of methoxy groups -OCH3 is 1. The third kappa shape index (κ3) is 3.73. The SMILES string of the molecule is COc1c(Br)cc(C)cc1C(=O)OC(C)(C)C. The first-order valence-electron chi connectivity index (χ1n) is 5.32. The molecule has 0 N–H and O–H groups in total. The van der Waals surface area contributed by atoms with Crippen molar-refractivity contribution in [2.24, 2.45) is 0 Å². The Balaban J connectivity index is 3.16. The molecule has 0 saturated heterocycles. The minimum Gasteiger partial charge on any atom is -0.495 e. The van der Waals surface area contributed by atoms with E-state index in [9.17, 15) is 4.79 Å². The van der Waals surface area contributed by atoms with Crippen LogP contribution in [0.25, 0.3) is 0 Å². The summed E-state index contributed by atoms with van der Waals surface area (Å²) >= 11 is 3.37. The Hall–Kier alpha value is -1.03. The number of aryl methyl sites for hydroxylation is 1. The van der Waals surface area contributed by atoms with Crippen LogP contribution in [0.15, 0.2) is 16.6 Å². The van der Waals surface area contributed by atoms with E-state index in [1.165, 1.54) is 7.11 Å². The molecule has 0 bridgehead atoms. The Bertz CT molecular complexity index is 433. The molecule has 0 aliphatic heterocycles. The molecule has 0 spiro atoms. The molecule has 0 radical (unpaired) electrons. The van der Waals surface area contributed by atoms with Gasteiger partial charge in [-0.05, 0) is 61.3 Å². The van der Waals surface area contributed by atoms with Crippen molar-refractivity contribution in [3.05, 3.63) is 27.7 Å². The first-order valence-corrected chi connectivity index (χ1v) is 6.11. The van der Waals surface area contributed by atoms with Crippen molar-refractivity contribution >= 4 is 21.9 Å². The average Bonchev–Trinajstić information content (AvgIpc) is 2.13. The van der Waals surface area contributed by atoms with Crippen molar-refractivity contribution < 1.29 is 14.3 Å². The highest BCUT2D eigenvalue weighted by Crippen LogP contribution is 2.31. The van der Waals surface area contributed by atoms with E-state index < -0.39 is 5.60 Å². The molecule has 0 saturated carbocycles. The number of rotatable bonds is 2. The summed E-state index contributed by atoms with van der Waals surface area (Å²) in [6.45, 7) is 7.42. The zero-order chi connectivity index (χ0) is 13.2. The molecular formula is C13H17BrO3. The van der Waals surface area contributed by atoms with Crippen LogP contribution >= 0.6 is 15.9 Å². The molecule has 0 heterocycles. The minimum absolute atomic E-state index is 0.376. The average molecular weight is 301 g/mol. The van der Waals surface area contributed by atoms with Crippen molar-refractivity contribution in [2.45, 2.75) is 33.3 Å². The summed E-state index contributed by atoms with van der Waals surface area (Å²) in [5, 5.41) is 0. The van der Waals surface area contributed by atoms with Gasteiger partial charge in [-0.15, -0.1) is 0 Å². The lowest BCUT2D eigenvalue weighted by Crippen LogP contribution is -2.24. The van der Waals surface area contributed by atoms with Crippen LogP contribution < -0.4 is 4.74 Å². The molecule has 0 amide bonds. The van der Waals surface area contributed by atoms with Gasteiger partial charge in [-0.3, -0.25) is 0 Å². The maximum atomic E-state index is 12.0. The van der Waals surface area contributed by atoms with Gasteiger partial charge in [-0.25, -0.2) is 4.79 Å². The fourth-order valence-electron chi connectivity index (χ4n) is 1.42. The second-order valence-corrected chi connectivity index (χ2v) is 5.68. The van der Waals surface area contributed by atoms with Gasteiger partial charge in [0, 0.05) is 0 Å². The third-order valence-electron chi connectivity index (χ3n) is 2.01. The highest BCUT2D eigenvalue weighted by atomic mass is 79.9. The lowest BCUT2D eigenvalue weighted by Gasteiger charge is -2.20. The molecular weight excluding hydrogens is 284 g/mol. The van der Waals surface area contributed by atoms with Gasteiger partial charge in [-0.1, -0.05) is 0 Å². The van der Waals surface area contributed by atoms with E-state index in [1.54, 1.807) is 6.07 Å². The minimum atomic E-state index is -0.516. The number of benzene rings is 1. The van der Waals surface area contributed by atoms with Crippen LogP contribution in [-0.4, -0.2) is 18.7 Å². The standard InChI is InChI=1S/C13H17BrO3/c1-8-6-9(11(16-5)10(14)7-8)12(15)17-13(2,3)4/h6-7H,1-5H3. The molecule has 1 aromatic carbocycles. The molecule has 0 aromatic heterocycles. The van der Waals surface area contributed by atoms with E-state index in [1.807, 2.05) is 33.8 Å². The maximum absolute atomic E-state index is 12.0. The van der Waals surface area contributed by atoms with Gasteiger partial charge in [0.05, 0.1) is 11.6 Å². The van der Waals surface area contributed by atoms with Gasteiger partial charge < -0.3 is 9.47 Å². The summed E-state index contributed by atoms with van der Waals surface area (Å²) in [4.78, 5) is 12.0. The lowest BCUT2D eigenvalue weighted by atomic mass is 10.1. The Morgan fingerprint density at radius 1 is 1.29 bits per heavy atom. The highest BCUT2D eigenvalue weighted by Gasteiger charge is 2.22. The molecule has 0 aliphatic rings. The van der Waals surface area contributed by atoms with Crippen LogP contribution in [0, 0.1) is 6.92 Å². The van der Waals surface area contributed by atoms with Crippen LogP contribution in [0.4, 0.5) is 0 Å². The summed E-state index contributed by atoms with van der Waals surface area (Å²) in [6.07, 6.45) is 0. The van der Waals surface area contributed by atoms with Crippen molar-refractivity contribution in [1.29, 1.82) is 0 Å². The summed E-state index contributed by atoms with van der Waals surface area (Å²) in [5.74, 6) is 0.128. The monoisotopic (exact) mass is 300 g/mol. The van der Waals surface area contributed by atoms with Gasteiger partial charge in [0.2, 0.25) is 0 Å². The van der Waals surface area contributed by atoms with Crippen LogP contribution in [0.1, 0.15) is 36.7 Å². The number of hydrogen-bond acceptors (Lipinski definition) is 3. The Morgan fingerprint density at radius 2 is 1.88 bits per heavy atom. The smallest absolute Gasteiger partial charge is 0.342 e. The van der Waals surface area contributed by atoms with Gasteiger partial charge in [-0.2, -0.15) is 0 Å². The predicted octanol–water partition coefficient (Wildman–Crippen LogP) is 3.72. The Labute approximate surface area is 110 Å². The number of ether oxygens (including phenoxy) is 2. The Kier molecular flexibility index (Phi) is 4.20. The van der Waals surface area contributed by atoms with Crippen molar-refractivity contribution in [3.63, 3.8) is 0 Å². The summed E-state index contributed by atoms with van der Waals surface area (Å²) < 4.78 is 11.3. The van der Waals surface area contributed by atoms with Crippen molar-refractivity contribution in [1.82, 2.24) is 0 Å². The molecule has 94 valence electrons. The second kappa shape index (κ2) is 5.08. The fourth-order valence-corrected chi connectivity index (χ4v) is 2.16. The quantitative estimate of drug-likeness (QED) is 0.781. The molecule has 0 atom stereocenters. The van der Waals surface area contributed by atoms with Crippen LogP contribution in [0.2, 0.25) is 0 Å². The zero-order valence-corrected chi connectivity index (χ0v) is 12.3. The molecule has 17 heavy (non-hydrogen) atoms. The van der Waals surface area contributed by atoms with Crippen LogP contribution in [-0.2, 0) is 4.74 Å².